The van der Waals surface area contributed by atoms with E-state index in [-0.39, 0.29) is 34.9 Å². The minimum Gasteiger partial charge on any atom is -0.458 e. The molecule has 0 heterocycles. The summed E-state index contributed by atoms with van der Waals surface area (Å²) >= 11 is 0. The Bertz CT molecular complexity index is 873. The SMILES string of the molecule is CCC1C[C@H]2[C@@H]3CCC4=CC(=O)C=C[C@]4(C)[C@H]3C(O)C[C@]2(C)[C@@]1(O)C(=O)COC(C)=O. The molecule has 6 heteroatoms. The van der Waals surface area contributed by atoms with Gasteiger partial charge in [0.25, 0.3) is 0 Å². The normalized spacial score (nSPS) is 45.9. The number of aliphatic hydroxyl groups excluding tert-OH is 1. The minimum atomic E-state index is -1.64. The summed E-state index contributed by atoms with van der Waals surface area (Å²) < 4.78 is 4.97. The summed E-state index contributed by atoms with van der Waals surface area (Å²) in [5.41, 5.74) is -1.74. The summed E-state index contributed by atoms with van der Waals surface area (Å²) in [6.45, 7) is 6.83. The number of carbonyl (C=O) groups excluding carboxylic acids is 3. The Hall–Kier alpha value is -1.79. The summed E-state index contributed by atoms with van der Waals surface area (Å²) in [6.07, 6.45) is 7.84. The van der Waals surface area contributed by atoms with Gasteiger partial charge in [-0.3, -0.25) is 14.4 Å². The molecule has 2 N–H and O–H groups in total. The van der Waals surface area contributed by atoms with Crippen molar-refractivity contribution >= 4 is 17.5 Å². The molecular weight excluding hydrogens is 396 g/mol. The van der Waals surface area contributed by atoms with Crippen molar-refractivity contribution in [2.45, 2.75) is 71.5 Å². The molecule has 4 aliphatic rings. The van der Waals surface area contributed by atoms with E-state index in [1.165, 1.54) is 6.92 Å². The van der Waals surface area contributed by atoms with Gasteiger partial charge >= 0.3 is 5.97 Å². The Morgan fingerprint density at radius 3 is 2.65 bits per heavy atom. The highest BCUT2D eigenvalue weighted by atomic mass is 16.5. The molecule has 3 fully saturated rings. The van der Waals surface area contributed by atoms with Crippen LogP contribution in [-0.2, 0) is 19.1 Å². The molecule has 0 aromatic rings. The molecule has 8 atom stereocenters. The van der Waals surface area contributed by atoms with Crippen LogP contribution in [0, 0.1) is 34.5 Å². The quantitative estimate of drug-likeness (QED) is 0.665. The van der Waals surface area contributed by atoms with Gasteiger partial charge in [0.15, 0.2) is 12.4 Å². The predicted molar refractivity (Wildman–Crippen MR) is 114 cm³/mol. The zero-order valence-electron chi connectivity index (χ0n) is 18.9. The summed E-state index contributed by atoms with van der Waals surface area (Å²) in [6, 6.07) is 0. The molecule has 0 aliphatic heterocycles. The van der Waals surface area contributed by atoms with E-state index in [1.807, 2.05) is 19.9 Å². The van der Waals surface area contributed by atoms with Crippen LogP contribution in [-0.4, -0.2) is 46.1 Å². The van der Waals surface area contributed by atoms with Crippen LogP contribution in [0.3, 0.4) is 0 Å². The van der Waals surface area contributed by atoms with Gasteiger partial charge in [0.2, 0.25) is 5.78 Å². The van der Waals surface area contributed by atoms with E-state index in [2.05, 4.69) is 6.92 Å². The van der Waals surface area contributed by atoms with Gasteiger partial charge in [-0.25, -0.2) is 0 Å². The maximum absolute atomic E-state index is 13.2. The number of fused-ring (bicyclic) bond motifs is 5. The summed E-state index contributed by atoms with van der Waals surface area (Å²) in [5.74, 6) is -1.11. The number of hydrogen-bond donors (Lipinski definition) is 2. The first-order chi connectivity index (χ1) is 14.5. The fraction of sp³-hybridized carbons (Fsp3) is 0.720. The second kappa shape index (κ2) is 7.38. The molecule has 0 amide bonds. The first-order valence-electron chi connectivity index (χ1n) is 11.5. The number of ketones is 2. The Morgan fingerprint density at radius 2 is 2.00 bits per heavy atom. The third kappa shape index (κ3) is 3.01. The molecule has 2 unspecified atom stereocenters. The maximum Gasteiger partial charge on any atom is 0.303 e. The third-order valence-corrected chi connectivity index (χ3v) is 9.21. The lowest BCUT2D eigenvalue weighted by molar-refractivity contribution is -0.186. The van der Waals surface area contributed by atoms with Gasteiger partial charge in [-0.05, 0) is 55.6 Å². The van der Waals surface area contributed by atoms with Crippen LogP contribution in [0.5, 0.6) is 0 Å². The molecule has 4 rings (SSSR count). The largest absolute Gasteiger partial charge is 0.458 e. The lowest BCUT2D eigenvalue weighted by atomic mass is 9.46. The monoisotopic (exact) mass is 430 g/mol. The highest BCUT2D eigenvalue weighted by Gasteiger charge is 2.71. The van der Waals surface area contributed by atoms with E-state index in [0.29, 0.717) is 19.3 Å². The van der Waals surface area contributed by atoms with Gasteiger partial charge in [0, 0.05) is 23.7 Å². The number of allylic oxidation sites excluding steroid dienone is 4. The molecular formula is C25H34O6. The second-order valence-electron chi connectivity index (χ2n) is 10.5. The van der Waals surface area contributed by atoms with Crippen molar-refractivity contribution < 1.29 is 29.3 Å². The highest BCUT2D eigenvalue weighted by molar-refractivity contribution is 6.01. The first kappa shape index (κ1) is 22.4. The molecule has 6 nitrogen and oxygen atoms in total. The van der Waals surface area contributed by atoms with Crippen molar-refractivity contribution in [3.05, 3.63) is 23.8 Å². The molecule has 0 aromatic heterocycles. The second-order valence-corrected chi connectivity index (χ2v) is 10.5. The van der Waals surface area contributed by atoms with Crippen LogP contribution < -0.4 is 0 Å². The molecule has 170 valence electrons. The van der Waals surface area contributed by atoms with Gasteiger partial charge < -0.3 is 14.9 Å². The molecule has 31 heavy (non-hydrogen) atoms. The van der Waals surface area contributed by atoms with E-state index >= 15 is 0 Å². The van der Waals surface area contributed by atoms with E-state index < -0.39 is 35.5 Å². The van der Waals surface area contributed by atoms with Gasteiger partial charge in [-0.2, -0.15) is 0 Å². The zero-order valence-corrected chi connectivity index (χ0v) is 18.9. The van der Waals surface area contributed by atoms with Crippen molar-refractivity contribution in [1.82, 2.24) is 0 Å². The Balaban J connectivity index is 1.73. The third-order valence-electron chi connectivity index (χ3n) is 9.21. The van der Waals surface area contributed by atoms with Gasteiger partial charge in [0.05, 0.1) is 6.10 Å². The molecule has 0 saturated heterocycles. The lowest BCUT2D eigenvalue weighted by Crippen LogP contribution is -2.63. The van der Waals surface area contributed by atoms with E-state index in [0.717, 1.165) is 18.4 Å². The molecule has 0 radical (unpaired) electrons. The van der Waals surface area contributed by atoms with E-state index in [9.17, 15) is 24.6 Å². The first-order valence-corrected chi connectivity index (χ1v) is 11.5. The van der Waals surface area contributed by atoms with Crippen LogP contribution in [0.25, 0.3) is 0 Å². The average molecular weight is 431 g/mol. The lowest BCUT2D eigenvalue weighted by Gasteiger charge is -2.59. The van der Waals surface area contributed by atoms with Crippen molar-refractivity contribution in [2.24, 2.45) is 34.5 Å². The predicted octanol–water partition coefficient (Wildman–Crippen LogP) is 2.76. The van der Waals surface area contributed by atoms with Gasteiger partial charge in [0.1, 0.15) is 5.60 Å². The number of aliphatic hydroxyl groups is 2. The van der Waals surface area contributed by atoms with Crippen LogP contribution in [0.1, 0.15) is 59.8 Å². The fourth-order valence-electron chi connectivity index (χ4n) is 7.77. The summed E-state index contributed by atoms with van der Waals surface area (Å²) in [5, 5.41) is 23.3. The van der Waals surface area contributed by atoms with Crippen molar-refractivity contribution in [2.75, 3.05) is 6.61 Å². The number of Topliss-reactive ketones (excluding diaryl/α,β-unsaturated/α-hetero) is 1. The molecule has 0 aromatic carbocycles. The van der Waals surface area contributed by atoms with E-state index in [1.54, 1.807) is 12.2 Å². The topological polar surface area (TPSA) is 101 Å². The standard InChI is InChI=1S/C25H34O6/c1-5-15-11-19-18-7-6-16-10-17(27)8-9-23(16,3)22(18)20(28)12-24(19,4)25(15,30)21(29)13-31-14(2)26/h8-10,15,18-20,22,28,30H,5-7,11-13H2,1-4H3/t15?,18-,19-,20?,22+,23-,24-,25-/m0/s1. The number of ether oxygens (including phenoxy) is 1. The fourth-order valence-corrected chi connectivity index (χ4v) is 7.77. The molecule has 4 aliphatic carbocycles. The Labute approximate surface area is 183 Å². The van der Waals surface area contributed by atoms with Crippen molar-refractivity contribution in [1.29, 1.82) is 0 Å². The average Bonchev–Trinajstić information content (AvgIpc) is 2.94. The number of esters is 1. The van der Waals surface area contributed by atoms with E-state index in [4.69, 9.17) is 4.74 Å². The number of hydrogen-bond acceptors (Lipinski definition) is 6. The Kier molecular flexibility index (Phi) is 5.33. The van der Waals surface area contributed by atoms with Gasteiger partial charge in [-0.1, -0.05) is 38.8 Å². The summed E-state index contributed by atoms with van der Waals surface area (Å²) in [7, 11) is 0. The van der Waals surface area contributed by atoms with Crippen LogP contribution >= 0.6 is 0 Å². The van der Waals surface area contributed by atoms with Gasteiger partial charge in [-0.15, -0.1) is 0 Å². The molecule has 0 bridgehead atoms. The van der Waals surface area contributed by atoms with Crippen molar-refractivity contribution in [3.63, 3.8) is 0 Å². The van der Waals surface area contributed by atoms with Crippen LogP contribution in [0.15, 0.2) is 23.8 Å². The van der Waals surface area contributed by atoms with Crippen molar-refractivity contribution in [3.8, 4) is 0 Å². The number of rotatable bonds is 4. The zero-order chi connectivity index (χ0) is 22.8. The summed E-state index contributed by atoms with van der Waals surface area (Å²) in [4.78, 5) is 36.5. The minimum absolute atomic E-state index is 0.00146. The maximum atomic E-state index is 13.2. The smallest absolute Gasteiger partial charge is 0.303 e. The molecule has 0 spiro atoms. The van der Waals surface area contributed by atoms with Crippen LogP contribution in [0.2, 0.25) is 0 Å². The highest BCUT2D eigenvalue weighted by Crippen LogP contribution is 2.68. The number of carbonyl (C=O) groups is 3. The Morgan fingerprint density at radius 1 is 1.29 bits per heavy atom. The molecule has 3 saturated carbocycles. The van der Waals surface area contributed by atoms with Crippen LogP contribution in [0.4, 0.5) is 0 Å².